The van der Waals surface area contributed by atoms with Crippen LogP contribution in [0.25, 0.3) is 0 Å². The summed E-state index contributed by atoms with van der Waals surface area (Å²) in [5.74, 6) is 0.146. The van der Waals surface area contributed by atoms with Crippen molar-refractivity contribution in [2.75, 3.05) is 6.61 Å². The number of fused-ring (bicyclic) bond motifs is 5. The van der Waals surface area contributed by atoms with E-state index >= 15 is 0 Å². The van der Waals surface area contributed by atoms with Gasteiger partial charge in [0.25, 0.3) is 0 Å². The minimum atomic E-state index is -1.92. The Hall–Kier alpha value is -0.760. The molecule has 2 aliphatic heterocycles. The molecule has 2 heterocycles. The molecule has 0 aromatic heterocycles. The van der Waals surface area contributed by atoms with E-state index in [1.807, 2.05) is 6.08 Å². The van der Waals surface area contributed by atoms with Crippen molar-refractivity contribution < 1.29 is 29.9 Å². The largest absolute Gasteiger partial charge is 0.387 e. The van der Waals surface area contributed by atoms with Gasteiger partial charge in [-0.05, 0) is 54.9 Å². The molecule has 0 amide bonds. The van der Waals surface area contributed by atoms with Gasteiger partial charge in [0.1, 0.15) is 17.8 Å². The van der Waals surface area contributed by atoms with Gasteiger partial charge < -0.3 is 29.9 Å². The fourth-order valence-corrected chi connectivity index (χ4v) is 8.38. The molecule has 0 radical (unpaired) electrons. The SMILES string of the molecule is CC(C)C1=C2[C@H]3CC=C4[C@@H]5[C@H](O[C@@H]6OC[C@](O)([C@H]4O)[C@H](O)[C@@]65O)[C@]3(C)CC[C@@]2(C)CC1. The van der Waals surface area contributed by atoms with Crippen molar-refractivity contribution in [3.63, 3.8) is 0 Å². The van der Waals surface area contributed by atoms with Gasteiger partial charge in [-0.1, -0.05) is 44.9 Å². The molecule has 31 heavy (non-hydrogen) atoms. The van der Waals surface area contributed by atoms with Crippen LogP contribution in [0.4, 0.5) is 0 Å². The monoisotopic (exact) mass is 432 g/mol. The lowest BCUT2D eigenvalue weighted by Crippen LogP contribution is -2.77. The summed E-state index contributed by atoms with van der Waals surface area (Å²) in [5.41, 5.74) is -0.00377. The first-order valence-electron chi connectivity index (χ1n) is 12.0. The van der Waals surface area contributed by atoms with Crippen molar-refractivity contribution in [3.05, 3.63) is 22.8 Å². The Labute approximate surface area is 183 Å². The zero-order valence-corrected chi connectivity index (χ0v) is 19.0. The molecule has 6 rings (SSSR count). The van der Waals surface area contributed by atoms with Crippen molar-refractivity contribution >= 4 is 0 Å². The van der Waals surface area contributed by atoms with Gasteiger partial charge in [-0.2, -0.15) is 0 Å². The molecule has 6 nitrogen and oxygen atoms in total. The number of ether oxygens (including phenoxy) is 2. The molecule has 172 valence electrons. The first-order chi connectivity index (χ1) is 14.5. The lowest BCUT2D eigenvalue weighted by Gasteiger charge is -2.56. The predicted molar refractivity (Wildman–Crippen MR) is 113 cm³/mol. The molecular formula is C25H36O6. The molecule has 0 unspecified atom stereocenters. The molecule has 2 saturated carbocycles. The summed E-state index contributed by atoms with van der Waals surface area (Å²) in [7, 11) is 0. The fraction of sp³-hybridized carbons (Fsp3) is 0.840. The zero-order chi connectivity index (χ0) is 22.1. The smallest absolute Gasteiger partial charge is 0.190 e. The number of aliphatic hydroxyl groups excluding tert-OH is 2. The molecule has 4 N–H and O–H groups in total. The van der Waals surface area contributed by atoms with Crippen LogP contribution in [-0.4, -0.2) is 62.8 Å². The van der Waals surface area contributed by atoms with Crippen LogP contribution in [0.15, 0.2) is 22.8 Å². The molecule has 10 atom stereocenters. The average Bonchev–Trinajstić information content (AvgIpc) is 3.20. The summed E-state index contributed by atoms with van der Waals surface area (Å²) in [6.45, 7) is 8.97. The van der Waals surface area contributed by atoms with Crippen LogP contribution in [0.5, 0.6) is 0 Å². The summed E-state index contributed by atoms with van der Waals surface area (Å²) in [5, 5.41) is 45.1. The molecule has 6 heteroatoms. The summed E-state index contributed by atoms with van der Waals surface area (Å²) < 4.78 is 12.2. The lowest BCUT2D eigenvalue weighted by atomic mass is 9.51. The summed E-state index contributed by atoms with van der Waals surface area (Å²) in [6.07, 6.45) is 2.97. The zero-order valence-electron chi connectivity index (χ0n) is 19.0. The van der Waals surface area contributed by atoms with Gasteiger partial charge >= 0.3 is 0 Å². The number of hydrogen-bond acceptors (Lipinski definition) is 6. The van der Waals surface area contributed by atoms with Gasteiger partial charge in [-0.15, -0.1) is 0 Å². The first-order valence-corrected chi connectivity index (χ1v) is 12.0. The number of aliphatic hydroxyl groups is 4. The van der Waals surface area contributed by atoms with Gasteiger partial charge in [-0.3, -0.25) is 0 Å². The highest BCUT2D eigenvalue weighted by Crippen LogP contribution is 2.68. The van der Waals surface area contributed by atoms with E-state index in [-0.39, 0.29) is 29.5 Å². The van der Waals surface area contributed by atoms with Gasteiger partial charge in [0, 0.05) is 11.3 Å². The molecule has 2 saturated heterocycles. The molecular weight excluding hydrogens is 396 g/mol. The quantitative estimate of drug-likeness (QED) is 0.474. The second-order valence-electron chi connectivity index (χ2n) is 12.0. The highest BCUT2D eigenvalue weighted by atomic mass is 16.7. The van der Waals surface area contributed by atoms with Crippen molar-refractivity contribution in [2.45, 2.75) is 95.6 Å². The Kier molecular flexibility index (Phi) is 4.04. The fourth-order valence-electron chi connectivity index (χ4n) is 8.38. The van der Waals surface area contributed by atoms with Gasteiger partial charge in [0.2, 0.25) is 0 Å². The van der Waals surface area contributed by atoms with Crippen LogP contribution in [0, 0.1) is 28.6 Å². The molecule has 0 aromatic carbocycles. The van der Waals surface area contributed by atoms with Gasteiger partial charge in [-0.25, -0.2) is 0 Å². The second kappa shape index (κ2) is 6.02. The minimum Gasteiger partial charge on any atom is -0.387 e. The van der Waals surface area contributed by atoms with E-state index in [9.17, 15) is 20.4 Å². The van der Waals surface area contributed by atoms with Crippen LogP contribution in [-0.2, 0) is 9.47 Å². The Bertz CT molecular complexity index is 894. The Morgan fingerprint density at radius 3 is 2.55 bits per heavy atom. The Morgan fingerprint density at radius 2 is 1.84 bits per heavy atom. The van der Waals surface area contributed by atoms with E-state index in [0.717, 1.165) is 25.7 Å². The number of hydrogen-bond donors (Lipinski definition) is 4. The van der Waals surface area contributed by atoms with E-state index in [4.69, 9.17) is 9.47 Å². The van der Waals surface area contributed by atoms with Crippen LogP contribution < -0.4 is 0 Å². The number of allylic oxidation sites excluding steroid dienone is 3. The van der Waals surface area contributed by atoms with Crippen molar-refractivity contribution in [2.24, 2.45) is 28.6 Å². The maximum atomic E-state index is 11.7. The normalized spacial score (nSPS) is 57.5. The molecule has 4 fully saturated rings. The van der Waals surface area contributed by atoms with Crippen molar-refractivity contribution in [1.82, 2.24) is 0 Å². The second-order valence-corrected chi connectivity index (χ2v) is 12.0. The molecule has 4 aliphatic carbocycles. The maximum absolute atomic E-state index is 11.7. The van der Waals surface area contributed by atoms with E-state index in [0.29, 0.717) is 11.5 Å². The van der Waals surface area contributed by atoms with Crippen LogP contribution in [0.1, 0.15) is 59.8 Å². The van der Waals surface area contributed by atoms with Gasteiger partial charge in [0.05, 0.1) is 12.7 Å². The standard InChI is InChI=1S/C25H36O6/c1-12(2)13-7-8-22(3)9-10-23(4)15(16(13)22)6-5-14-17-19(23)31-21-25(17,29)20(27)24(28,11-30-21)18(14)26/h5,12,15,17-21,26-29H,6-11H2,1-4H3/t15-,17-,18+,19+,20+,21+,22-,23-,24+,25-/m1/s1. The molecule has 0 aromatic rings. The van der Waals surface area contributed by atoms with E-state index < -0.39 is 35.6 Å². The number of rotatable bonds is 1. The predicted octanol–water partition coefficient (Wildman–Crippen LogP) is 2.05. The molecule has 0 spiro atoms. The summed E-state index contributed by atoms with van der Waals surface area (Å²) in [6, 6.07) is 0. The van der Waals surface area contributed by atoms with Gasteiger partial charge in [0.15, 0.2) is 11.9 Å². The van der Waals surface area contributed by atoms with Crippen LogP contribution in [0.2, 0.25) is 0 Å². The van der Waals surface area contributed by atoms with E-state index in [1.54, 1.807) is 11.1 Å². The third kappa shape index (κ3) is 2.20. The van der Waals surface area contributed by atoms with Crippen LogP contribution in [0.3, 0.4) is 0 Å². The third-order valence-electron chi connectivity index (χ3n) is 10.2. The lowest BCUT2D eigenvalue weighted by molar-refractivity contribution is -0.341. The summed E-state index contributed by atoms with van der Waals surface area (Å²) >= 11 is 0. The average molecular weight is 433 g/mol. The third-order valence-corrected chi connectivity index (χ3v) is 10.2. The van der Waals surface area contributed by atoms with Crippen molar-refractivity contribution in [1.29, 1.82) is 0 Å². The first kappa shape index (κ1) is 20.8. The highest BCUT2D eigenvalue weighted by molar-refractivity contribution is 5.42. The van der Waals surface area contributed by atoms with E-state index in [1.165, 1.54) is 6.42 Å². The Morgan fingerprint density at radius 1 is 1.10 bits per heavy atom. The Balaban J connectivity index is 1.55. The van der Waals surface area contributed by atoms with Crippen molar-refractivity contribution in [3.8, 4) is 0 Å². The summed E-state index contributed by atoms with van der Waals surface area (Å²) in [4.78, 5) is 0. The van der Waals surface area contributed by atoms with Crippen LogP contribution >= 0.6 is 0 Å². The highest BCUT2D eigenvalue weighted by Gasteiger charge is 2.77. The minimum absolute atomic E-state index is 0.193. The maximum Gasteiger partial charge on any atom is 0.190 e. The van der Waals surface area contributed by atoms with E-state index in [2.05, 4.69) is 27.7 Å². The molecule has 2 bridgehead atoms. The topological polar surface area (TPSA) is 99.4 Å². The molecule has 6 aliphatic rings.